The summed E-state index contributed by atoms with van der Waals surface area (Å²) in [5, 5.41) is 6.91. The van der Waals surface area contributed by atoms with E-state index in [-0.39, 0.29) is 16.7 Å². The lowest BCUT2D eigenvalue weighted by molar-refractivity contribution is -0.117. The molecular formula is C14H15N3O3S. The van der Waals surface area contributed by atoms with Gasteiger partial charge in [0.25, 0.3) is 0 Å². The quantitative estimate of drug-likeness (QED) is 0.930. The van der Waals surface area contributed by atoms with Crippen LogP contribution in [0.15, 0.2) is 41.6 Å². The molecular weight excluding hydrogens is 290 g/mol. The second kappa shape index (κ2) is 5.00. The molecule has 0 unspecified atom stereocenters. The van der Waals surface area contributed by atoms with Crippen molar-refractivity contribution in [1.82, 2.24) is 9.78 Å². The van der Waals surface area contributed by atoms with Crippen LogP contribution in [0, 0.1) is 5.92 Å². The van der Waals surface area contributed by atoms with Gasteiger partial charge in [0.2, 0.25) is 5.91 Å². The van der Waals surface area contributed by atoms with Gasteiger partial charge in [-0.05, 0) is 25.0 Å². The molecule has 110 valence electrons. The summed E-state index contributed by atoms with van der Waals surface area (Å²) in [5.41, 5.74) is 1.03. The van der Waals surface area contributed by atoms with E-state index in [9.17, 15) is 13.2 Å². The fourth-order valence-electron chi connectivity index (χ4n) is 2.07. The van der Waals surface area contributed by atoms with E-state index in [1.54, 1.807) is 24.4 Å². The highest BCUT2D eigenvalue weighted by atomic mass is 32.2. The van der Waals surface area contributed by atoms with Gasteiger partial charge in [-0.2, -0.15) is 5.10 Å². The van der Waals surface area contributed by atoms with Crippen LogP contribution in [0.2, 0.25) is 0 Å². The molecule has 0 aliphatic heterocycles. The number of nitrogens with zero attached hydrogens (tertiary/aromatic N) is 2. The standard InChI is InChI=1S/C14H15N3O3S/c1-21(19,20)13-5-3-2-4-12(13)17-9-11(8-15-17)16-14(18)10-6-7-10/h2-5,8-10H,6-7H2,1H3,(H,16,18). The van der Waals surface area contributed by atoms with Gasteiger partial charge in [0, 0.05) is 12.2 Å². The van der Waals surface area contributed by atoms with E-state index in [1.165, 1.54) is 16.9 Å². The fourth-order valence-corrected chi connectivity index (χ4v) is 2.94. The average Bonchev–Trinajstić information content (AvgIpc) is 3.19. The Balaban J connectivity index is 1.91. The van der Waals surface area contributed by atoms with Gasteiger partial charge in [-0.15, -0.1) is 0 Å². The molecule has 0 spiro atoms. The molecule has 1 amide bonds. The van der Waals surface area contributed by atoms with E-state index in [4.69, 9.17) is 0 Å². The fraction of sp³-hybridized carbons (Fsp3) is 0.286. The summed E-state index contributed by atoms with van der Waals surface area (Å²) in [7, 11) is -3.35. The second-order valence-corrected chi connectivity index (χ2v) is 7.16. The minimum absolute atomic E-state index is 0.00838. The lowest BCUT2D eigenvalue weighted by Crippen LogP contribution is -2.12. The van der Waals surface area contributed by atoms with Crippen LogP contribution in [0.25, 0.3) is 5.69 Å². The summed E-state index contributed by atoms with van der Waals surface area (Å²) in [6, 6.07) is 6.62. The third-order valence-electron chi connectivity index (χ3n) is 3.31. The molecule has 3 rings (SSSR count). The van der Waals surface area contributed by atoms with Crippen molar-refractivity contribution < 1.29 is 13.2 Å². The topological polar surface area (TPSA) is 81.1 Å². The Morgan fingerprint density at radius 1 is 1.33 bits per heavy atom. The molecule has 0 bridgehead atoms. The normalized spacial score (nSPS) is 14.9. The van der Waals surface area contributed by atoms with E-state index < -0.39 is 9.84 Å². The number of aromatic nitrogens is 2. The van der Waals surface area contributed by atoms with Crippen molar-refractivity contribution in [1.29, 1.82) is 0 Å². The predicted octanol–water partition coefficient (Wildman–Crippen LogP) is 1.62. The van der Waals surface area contributed by atoms with Crippen molar-refractivity contribution in [3.63, 3.8) is 0 Å². The molecule has 1 aromatic heterocycles. The number of benzene rings is 1. The van der Waals surface area contributed by atoms with Crippen LogP contribution >= 0.6 is 0 Å². The molecule has 7 heteroatoms. The van der Waals surface area contributed by atoms with Crippen molar-refractivity contribution in [2.75, 3.05) is 11.6 Å². The molecule has 21 heavy (non-hydrogen) atoms. The maximum Gasteiger partial charge on any atom is 0.227 e. The first kappa shape index (κ1) is 13.8. The van der Waals surface area contributed by atoms with Crippen molar-refractivity contribution in [2.24, 2.45) is 5.92 Å². The molecule has 0 radical (unpaired) electrons. The molecule has 0 saturated heterocycles. The molecule has 1 aliphatic carbocycles. The number of carbonyl (C=O) groups excluding carboxylic acids is 1. The molecule has 1 heterocycles. The monoisotopic (exact) mass is 305 g/mol. The highest BCUT2D eigenvalue weighted by Gasteiger charge is 2.29. The number of carbonyl (C=O) groups is 1. The summed E-state index contributed by atoms with van der Waals surface area (Å²) in [6.07, 6.45) is 6.14. The van der Waals surface area contributed by atoms with Crippen molar-refractivity contribution in [3.05, 3.63) is 36.7 Å². The van der Waals surface area contributed by atoms with Gasteiger partial charge in [-0.3, -0.25) is 4.79 Å². The Labute approximate surface area is 122 Å². The van der Waals surface area contributed by atoms with Gasteiger partial charge < -0.3 is 5.32 Å². The number of anilines is 1. The Kier molecular flexibility index (Phi) is 3.29. The largest absolute Gasteiger partial charge is 0.323 e. The number of para-hydroxylation sites is 1. The number of hydrogen-bond donors (Lipinski definition) is 1. The van der Waals surface area contributed by atoms with Gasteiger partial charge in [-0.25, -0.2) is 13.1 Å². The van der Waals surface area contributed by atoms with E-state index in [2.05, 4.69) is 10.4 Å². The van der Waals surface area contributed by atoms with Gasteiger partial charge in [0.1, 0.15) is 0 Å². The Morgan fingerprint density at radius 2 is 2.05 bits per heavy atom. The van der Waals surface area contributed by atoms with Gasteiger partial charge in [0.05, 0.1) is 28.7 Å². The number of sulfone groups is 1. The van der Waals surface area contributed by atoms with E-state index in [0.717, 1.165) is 19.1 Å². The van der Waals surface area contributed by atoms with Gasteiger partial charge in [-0.1, -0.05) is 12.1 Å². The zero-order valence-electron chi connectivity index (χ0n) is 11.5. The summed E-state index contributed by atoms with van der Waals surface area (Å²) < 4.78 is 25.1. The summed E-state index contributed by atoms with van der Waals surface area (Å²) >= 11 is 0. The Morgan fingerprint density at radius 3 is 2.71 bits per heavy atom. The lowest BCUT2D eigenvalue weighted by atomic mass is 10.3. The second-order valence-electron chi connectivity index (χ2n) is 5.18. The molecule has 0 atom stereocenters. The van der Waals surface area contributed by atoms with Crippen LogP contribution in [0.1, 0.15) is 12.8 Å². The van der Waals surface area contributed by atoms with Crippen molar-refractivity contribution in [2.45, 2.75) is 17.7 Å². The third-order valence-corrected chi connectivity index (χ3v) is 4.45. The number of amides is 1. The molecule has 1 fully saturated rings. The van der Waals surface area contributed by atoms with Crippen LogP contribution in [-0.4, -0.2) is 30.4 Å². The molecule has 1 saturated carbocycles. The first-order valence-corrected chi connectivity index (χ1v) is 8.49. The van der Waals surface area contributed by atoms with Crippen LogP contribution in [-0.2, 0) is 14.6 Å². The van der Waals surface area contributed by atoms with Crippen molar-refractivity contribution in [3.8, 4) is 5.69 Å². The summed E-state index contributed by atoms with van der Waals surface area (Å²) in [4.78, 5) is 11.9. The third kappa shape index (κ3) is 2.97. The summed E-state index contributed by atoms with van der Waals surface area (Å²) in [5.74, 6) is 0.0996. The van der Waals surface area contributed by atoms with Crippen LogP contribution < -0.4 is 5.32 Å². The highest BCUT2D eigenvalue weighted by molar-refractivity contribution is 7.90. The van der Waals surface area contributed by atoms with Gasteiger partial charge >= 0.3 is 0 Å². The van der Waals surface area contributed by atoms with E-state index in [0.29, 0.717) is 11.4 Å². The Hall–Kier alpha value is -2.15. The molecule has 1 aliphatic rings. The minimum atomic E-state index is -3.35. The first-order chi connectivity index (χ1) is 9.95. The average molecular weight is 305 g/mol. The van der Waals surface area contributed by atoms with E-state index >= 15 is 0 Å². The maximum atomic E-state index is 11.8. The number of nitrogens with one attached hydrogen (secondary N) is 1. The zero-order chi connectivity index (χ0) is 15.0. The SMILES string of the molecule is CS(=O)(=O)c1ccccc1-n1cc(NC(=O)C2CC2)cn1. The maximum absolute atomic E-state index is 11.8. The van der Waals surface area contributed by atoms with Crippen LogP contribution in [0.4, 0.5) is 5.69 Å². The molecule has 1 aromatic carbocycles. The smallest absolute Gasteiger partial charge is 0.227 e. The highest BCUT2D eigenvalue weighted by Crippen LogP contribution is 2.30. The zero-order valence-corrected chi connectivity index (χ0v) is 12.3. The Bertz CT molecular complexity index is 791. The molecule has 1 N–H and O–H groups in total. The molecule has 2 aromatic rings. The first-order valence-electron chi connectivity index (χ1n) is 6.60. The predicted molar refractivity (Wildman–Crippen MR) is 78.0 cm³/mol. The number of hydrogen-bond acceptors (Lipinski definition) is 4. The lowest BCUT2D eigenvalue weighted by Gasteiger charge is -2.07. The summed E-state index contributed by atoms with van der Waals surface area (Å²) in [6.45, 7) is 0. The van der Waals surface area contributed by atoms with E-state index in [1.807, 2.05) is 0 Å². The van der Waals surface area contributed by atoms with Crippen LogP contribution in [0.5, 0.6) is 0 Å². The number of rotatable bonds is 4. The van der Waals surface area contributed by atoms with Crippen molar-refractivity contribution >= 4 is 21.4 Å². The minimum Gasteiger partial charge on any atom is -0.323 e. The van der Waals surface area contributed by atoms with Gasteiger partial charge in [0.15, 0.2) is 9.84 Å². The molecule has 6 nitrogen and oxygen atoms in total. The van der Waals surface area contributed by atoms with Crippen LogP contribution in [0.3, 0.4) is 0 Å².